The molecule has 0 aliphatic carbocycles. The van der Waals surface area contributed by atoms with E-state index in [4.69, 9.17) is 0 Å². The first-order chi connectivity index (χ1) is 6.18. The predicted octanol–water partition coefficient (Wildman–Crippen LogP) is 1.88. The zero-order valence-corrected chi connectivity index (χ0v) is 9.34. The van der Waals surface area contributed by atoms with Crippen molar-refractivity contribution < 1.29 is 0 Å². The van der Waals surface area contributed by atoms with E-state index in [1.165, 1.54) is 6.42 Å². The maximum absolute atomic E-state index is 3.69. The predicted molar refractivity (Wildman–Crippen MR) is 60.1 cm³/mol. The van der Waals surface area contributed by atoms with Crippen LogP contribution in [0.3, 0.4) is 0 Å². The van der Waals surface area contributed by atoms with E-state index in [1.54, 1.807) is 0 Å². The van der Waals surface area contributed by atoms with E-state index in [1.807, 2.05) is 6.08 Å². The SMILES string of the molecule is C=CCCCNCCN(C)C(C)C. The molecule has 13 heavy (non-hydrogen) atoms. The highest BCUT2D eigenvalue weighted by atomic mass is 15.1. The quantitative estimate of drug-likeness (QED) is 0.458. The van der Waals surface area contributed by atoms with Gasteiger partial charge in [-0.25, -0.2) is 0 Å². The van der Waals surface area contributed by atoms with Crippen LogP contribution in [0, 0.1) is 0 Å². The molecule has 0 bridgehead atoms. The number of hydrogen-bond acceptors (Lipinski definition) is 2. The van der Waals surface area contributed by atoms with Crippen LogP contribution in [0.5, 0.6) is 0 Å². The molecule has 0 saturated carbocycles. The average molecular weight is 184 g/mol. The summed E-state index contributed by atoms with van der Waals surface area (Å²) in [5, 5.41) is 3.42. The summed E-state index contributed by atoms with van der Waals surface area (Å²) >= 11 is 0. The standard InChI is InChI=1S/C11H24N2/c1-5-6-7-8-12-9-10-13(4)11(2)3/h5,11-12H,1,6-10H2,2-4H3. The number of allylic oxidation sites excluding steroid dienone is 1. The minimum absolute atomic E-state index is 0.648. The molecule has 0 radical (unpaired) electrons. The van der Waals surface area contributed by atoms with E-state index < -0.39 is 0 Å². The molecule has 0 aliphatic rings. The fourth-order valence-electron chi connectivity index (χ4n) is 1.01. The maximum Gasteiger partial charge on any atom is 0.0106 e. The van der Waals surface area contributed by atoms with Crippen LogP contribution in [0.2, 0.25) is 0 Å². The van der Waals surface area contributed by atoms with Crippen molar-refractivity contribution in [1.29, 1.82) is 0 Å². The van der Waals surface area contributed by atoms with Gasteiger partial charge in [0.15, 0.2) is 0 Å². The number of nitrogens with one attached hydrogen (secondary N) is 1. The third-order valence-corrected chi connectivity index (χ3v) is 2.28. The fraction of sp³-hybridized carbons (Fsp3) is 0.818. The fourth-order valence-corrected chi connectivity index (χ4v) is 1.01. The van der Waals surface area contributed by atoms with Gasteiger partial charge in [0.2, 0.25) is 0 Å². The molecule has 0 aromatic rings. The van der Waals surface area contributed by atoms with Crippen LogP contribution < -0.4 is 5.32 Å². The lowest BCUT2D eigenvalue weighted by Gasteiger charge is -2.20. The Morgan fingerprint density at radius 1 is 1.38 bits per heavy atom. The number of unbranched alkanes of at least 4 members (excludes halogenated alkanes) is 1. The first kappa shape index (κ1) is 12.7. The smallest absolute Gasteiger partial charge is 0.0106 e. The van der Waals surface area contributed by atoms with Crippen LogP contribution in [0.1, 0.15) is 26.7 Å². The van der Waals surface area contributed by atoms with Gasteiger partial charge in [0.1, 0.15) is 0 Å². The van der Waals surface area contributed by atoms with Crippen molar-refractivity contribution in [3.63, 3.8) is 0 Å². The molecule has 0 aromatic heterocycles. The van der Waals surface area contributed by atoms with E-state index in [0.29, 0.717) is 6.04 Å². The normalized spacial score (nSPS) is 11.2. The highest BCUT2D eigenvalue weighted by Crippen LogP contribution is 1.91. The molecule has 0 saturated heterocycles. The number of hydrogen-bond donors (Lipinski definition) is 1. The molecule has 0 spiro atoms. The van der Waals surface area contributed by atoms with Gasteiger partial charge in [0, 0.05) is 19.1 Å². The summed E-state index contributed by atoms with van der Waals surface area (Å²) in [6.07, 6.45) is 4.30. The summed E-state index contributed by atoms with van der Waals surface area (Å²) in [4.78, 5) is 2.35. The van der Waals surface area contributed by atoms with Crippen LogP contribution in [0.15, 0.2) is 12.7 Å². The van der Waals surface area contributed by atoms with Crippen LogP contribution in [0.4, 0.5) is 0 Å². The lowest BCUT2D eigenvalue weighted by molar-refractivity contribution is 0.273. The number of rotatable bonds is 8. The molecule has 0 amide bonds. The van der Waals surface area contributed by atoms with Crippen LogP contribution in [-0.2, 0) is 0 Å². The second-order valence-electron chi connectivity index (χ2n) is 3.76. The summed E-state index contributed by atoms with van der Waals surface area (Å²) in [6.45, 7) is 11.5. The molecule has 0 rings (SSSR count). The molecule has 2 nitrogen and oxygen atoms in total. The Morgan fingerprint density at radius 2 is 2.08 bits per heavy atom. The first-order valence-corrected chi connectivity index (χ1v) is 5.20. The Labute approximate surface area is 83.0 Å². The second-order valence-corrected chi connectivity index (χ2v) is 3.76. The lowest BCUT2D eigenvalue weighted by atomic mass is 10.3. The van der Waals surface area contributed by atoms with Crippen molar-refractivity contribution >= 4 is 0 Å². The first-order valence-electron chi connectivity index (χ1n) is 5.20. The van der Waals surface area contributed by atoms with E-state index >= 15 is 0 Å². The minimum atomic E-state index is 0.648. The maximum atomic E-state index is 3.69. The van der Waals surface area contributed by atoms with Crippen molar-refractivity contribution in [3.05, 3.63) is 12.7 Å². The Balaban J connectivity index is 3.11. The Kier molecular flexibility index (Phi) is 8.05. The van der Waals surface area contributed by atoms with Crippen LogP contribution >= 0.6 is 0 Å². The van der Waals surface area contributed by atoms with Crippen molar-refractivity contribution in [2.24, 2.45) is 0 Å². The highest BCUT2D eigenvalue weighted by Gasteiger charge is 2.00. The van der Waals surface area contributed by atoms with Gasteiger partial charge < -0.3 is 10.2 Å². The van der Waals surface area contributed by atoms with Crippen LogP contribution in [0.25, 0.3) is 0 Å². The molecule has 0 heterocycles. The zero-order chi connectivity index (χ0) is 10.1. The topological polar surface area (TPSA) is 15.3 Å². The second kappa shape index (κ2) is 8.27. The largest absolute Gasteiger partial charge is 0.315 e. The number of likely N-dealkylation sites (N-methyl/N-ethyl adjacent to an activating group) is 1. The van der Waals surface area contributed by atoms with Gasteiger partial charge in [-0.3, -0.25) is 0 Å². The van der Waals surface area contributed by atoms with Crippen molar-refractivity contribution in [2.45, 2.75) is 32.7 Å². The van der Waals surface area contributed by atoms with Gasteiger partial charge in [-0.05, 0) is 40.3 Å². The monoisotopic (exact) mass is 184 g/mol. The summed E-state index contributed by atoms with van der Waals surface area (Å²) in [5.41, 5.74) is 0. The lowest BCUT2D eigenvalue weighted by Crippen LogP contribution is -2.34. The highest BCUT2D eigenvalue weighted by molar-refractivity contribution is 4.66. The summed E-state index contributed by atoms with van der Waals surface area (Å²) in [6, 6.07) is 0.648. The van der Waals surface area contributed by atoms with Crippen molar-refractivity contribution in [1.82, 2.24) is 10.2 Å². The molecule has 0 fully saturated rings. The Hall–Kier alpha value is -0.340. The van der Waals surface area contributed by atoms with Gasteiger partial charge in [-0.1, -0.05) is 6.08 Å². The molecular weight excluding hydrogens is 160 g/mol. The van der Waals surface area contributed by atoms with E-state index in [-0.39, 0.29) is 0 Å². The summed E-state index contributed by atoms with van der Waals surface area (Å²) in [5.74, 6) is 0. The van der Waals surface area contributed by atoms with E-state index in [9.17, 15) is 0 Å². The molecule has 0 aliphatic heterocycles. The third-order valence-electron chi connectivity index (χ3n) is 2.28. The van der Waals surface area contributed by atoms with Gasteiger partial charge >= 0.3 is 0 Å². The Morgan fingerprint density at radius 3 is 2.62 bits per heavy atom. The average Bonchev–Trinajstić information content (AvgIpc) is 2.10. The molecule has 78 valence electrons. The molecule has 0 atom stereocenters. The summed E-state index contributed by atoms with van der Waals surface area (Å²) < 4.78 is 0. The van der Waals surface area contributed by atoms with Gasteiger partial charge in [0.25, 0.3) is 0 Å². The molecule has 1 N–H and O–H groups in total. The molecular formula is C11H24N2. The van der Waals surface area contributed by atoms with Gasteiger partial charge in [-0.2, -0.15) is 0 Å². The van der Waals surface area contributed by atoms with Crippen molar-refractivity contribution in [3.8, 4) is 0 Å². The molecule has 0 aromatic carbocycles. The van der Waals surface area contributed by atoms with Gasteiger partial charge in [-0.15, -0.1) is 6.58 Å². The minimum Gasteiger partial charge on any atom is -0.315 e. The third kappa shape index (κ3) is 8.00. The number of nitrogens with zero attached hydrogens (tertiary/aromatic N) is 1. The van der Waals surface area contributed by atoms with Gasteiger partial charge in [0.05, 0.1) is 0 Å². The zero-order valence-electron chi connectivity index (χ0n) is 9.34. The van der Waals surface area contributed by atoms with Crippen LogP contribution in [-0.4, -0.2) is 37.6 Å². The van der Waals surface area contributed by atoms with E-state index in [2.05, 4.69) is 37.7 Å². The van der Waals surface area contributed by atoms with Crippen molar-refractivity contribution in [2.75, 3.05) is 26.7 Å². The molecule has 0 unspecified atom stereocenters. The Bertz CT molecular complexity index is 121. The summed E-state index contributed by atoms with van der Waals surface area (Å²) in [7, 11) is 2.16. The van der Waals surface area contributed by atoms with E-state index in [0.717, 1.165) is 26.1 Å². The molecule has 2 heteroatoms.